The summed E-state index contributed by atoms with van der Waals surface area (Å²) in [6.45, 7) is 2.99. The number of rotatable bonds is 7. The fourth-order valence-electron chi connectivity index (χ4n) is 1.61. The van der Waals surface area contributed by atoms with Crippen LogP contribution >= 0.6 is 0 Å². The monoisotopic (exact) mass is 281 g/mol. The van der Waals surface area contributed by atoms with E-state index in [4.69, 9.17) is 15.6 Å². The van der Waals surface area contributed by atoms with E-state index in [9.17, 15) is 9.59 Å². The van der Waals surface area contributed by atoms with E-state index >= 15 is 0 Å². The Morgan fingerprint density at radius 3 is 2.50 bits per heavy atom. The summed E-state index contributed by atoms with van der Waals surface area (Å²) in [7, 11) is 0. The van der Waals surface area contributed by atoms with Crippen LogP contribution in [0, 0.1) is 6.92 Å². The van der Waals surface area contributed by atoms with Crippen molar-refractivity contribution in [2.45, 2.75) is 6.92 Å². The summed E-state index contributed by atoms with van der Waals surface area (Å²) in [4.78, 5) is 22.0. The summed E-state index contributed by atoms with van der Waals surface area (Å²) < 4.78 is 5.16. The van der Waals surface area contributed by atoms with Crippen molar-refractivity contribution in [3.63, 3.8) is 0 Å². The smallest absolute Gasteiger partial charge is 0.404 e. The zero-order valence-electron chi connectivity index (χ0n) is 11.3. The van der Waals surface area contributed by atoms with Crippen LogP contribution in [0.1, 0.15) is 15.9 Å². The third-order valence-corrected chi connectivity index (χ3v) is 2.55. The minimum absolute atomic E-state index is 0.185. The molecule has 0 aliphatic rings. The lowest BCUT2D eigenvalue weighted by atomic mass is 10.1. The maximum Gasteiger partial charge on any atom is 0.404 e. The van der Waals surface area contributed by atoms with Crippen molar-refractivity contribution in [1.29, 1.82) is 0 Å². The highest BCUT2D eigenvalue weighted by Crippen LogP contribution is 2.11. The van der Waals surface area contributed by atoms with Gasteiger partial charge in [0.05, 0.1) is 13.2 Å². The minimum atomic E-state index is -1.08. The predicted molar refractivity (Wildman–Crippen MR) is 74.8 cm³/mol. The van der Waals surface area contributed by atoms with Crippen LogP contribution in [0.4, 0.5) is 10.5 Å². The van der Waals surface area contributed by atoms with Gasteiger partial charge >= 0.3 is 6.09 Å². The number of aryl methyl sites for hydroxylation is 1. The van der Waals surface area contributed by atoms with Gasteiger partial charge in [0.25, 0.3) is 5.91 Å². The number of hydrogen-bond donors (Lipinski definition) is 4. The van der Waals surface area contributed by atoms with Gasteiger partial charge in [-0.15, -0.1) is 0 Å². The summed E-state index contributed by atoms with van der Waals surface area (Å²) in [5.41, 5.74) is 7.63. The Kier molecular flexibility index (Phi) is 6.31. The second kappa shape index (κ2) is 8.00. The van der Waals surface area contributed by atoms with Gasteiger partial charge in [-0.1, -0.05) is 0 Å². The Bertz CT molecular complexity index is 477. The summed E-state index contributed by atoms with van der Waals surface area (Å²) in [6, 6.07) is 5.09. The van der Waals surface area contributed by atoms with Crippen molar-refractivity contribution in [3.05, 3.63) is 29.3 Å². The average molecular weight is 281 g/mol. The number of carbonyl (C=O) groups excluding carboxylic acids is 1. The van der Waals surface area contributed by atoms with E-state index in [1.807, 2.05) is 6.92 Å². The maximum absolute atomic E-state index is 11.9. The molecule has 20 heavy (non-hydrogen) atoms. The van der Waals surface area contributed by atoms with Gasteiger partial charge in [0, 0.05) is 24.3 Å². The van der Waals surface area contributed by atoms with Crippen molar-refractivity contribution >= 4 is 17.7 Å². The highest BCUT2D eigenvalue weighted by atomic mass is 16.5. The molecular formula is C13H19N3O4. The molecule has 0 unspecified atom stereocenters. The van der Waals surface area contributed by atoms with Gasteiger partial charge in [-0.2, -0.15) is 0 Å². The van der Waals surface area contributed by atoms with E-state index in [0.717, 1.165) is 5.56 Å². The normalized spacial score (nSPS) is 10.1. The predicted octanol–water partition coefficient (Wildman–Crippen LogP) is 0.591. The first-order chi connectivity index (χ1) is 9.50. The van der Waals surface area contributed by atoms with E-state index in [0.29, 0.717) is 24.4 Å². The lowest BCUT2D eigenvalue weighted by Gasteiger charge is -2.09. The molecule has 0 aliphatic carbocycles. The molecule has 7 nitrogen and oxygen atoms in total. The fourth-order valence-corrected chi connectivity index (χ4v) is 1.61. The Hall–Kier alpha value is -2.28. The minimum Gasteiger partial charge on any atom is -0.465 e. The first-order valence-electron chi connectivity index (χ1n) is 6.19. The summed E-state index contributed by atoms with van der Waals surface area (Å²) in [5, 5.41) is 13.2. The Balaban J connectivity index is 2.22. The van der Waals surface area contributed by atoms with E-state index in [1.165, 1.54) is 0 Å². The molecule has 0 saturated carbocycles. The molecule has 110 valence electrons. The number of hydrogen-bond acceptors (Lipinski definition) is 4. The first-order valence-corrected chi connectivity index (χ1v) is 6.19. The standard InChI is InChI=1S/C13H19N3O4/c1-9-8-10(14)2-3-11(9)12(17)15-4-6-20-7-5-16-13(18)19/h2-3,8,16H,4-7,14H2,1H3,(H,15,17)(H,18,19). The molecule has 0 saturated heterocycles. The van der Waals surface area contributed by atoms with Gasteiger partial charge in [-0.25, -0.2) is 4.79 Å². The molecule has 5 N–H and O–H groups in total. The molecule has 0 heterocycles. The Morgan fingerprint density at radius 1 is 1.25 bits per heavy atom. The molecule has 0 fully saturated rings. The van der Waals surface area contributed by atoms with Gasteiger partial charge in [0.15, 0.2) is 0 Å². The Morgan fingerprint density at radius 2 is 1.90 bits per heavy atom. The number of nitrogen functional groups attached to an aromatic ring is 1. The van der Waals surface area contributed by atoms with E-state index in [-0.39, 0.29) is 19.1 Å². The number of anilines is 1. The second-order valence-electron chi connectivity index (χ2n) is 4.17. The molecule has 7 heteroatoms. The van der Waals surface area contributed by atoms with Crippen LogP contribution in [-0.2, 0) is 4.74 Å². The number of amides is 2. The Labute approximate surface area is 117 Å². The topological polar surface area (TPSA) is 114 Å². The summed E-state index contributed by atoms with van der Waals surface area (Å²) in [6.07, 6.45) is -1.08. The van der Waals surface area contributed by atoms with Crippen molar-refractivity contribution in [2.75, 3.05) is 32.0 Å². The molecule has 2 amide bonds. The van der Waals surface area contributed by atoms with Gasteiger partial charge < -0.3 is 26.2 Å². The van der Waals surface area contributed by atoms with Crippen molar-refractivity contribution in [2.24, 2.45) is 0 Å². The molecule has 0 radical (unpaired) electrons. The first kappa shape index (κ1) is 15.8. The highest BCUT2D eigenvalue weighted by Gasteiger charge is 2.08. The van der Waals surface area contributed by atoms with Gasteiger partial charge in [0.2, 0.25) is 0 Å². The van der Waals surface area contributed by atoms with Crippen LogP contribution in [0.3, 0.4) is 0 Å². The number of carboxylic acid groups (broad SMARTS) is 1. The van der Waals surface area contributed by atoms with Gasteiger partial charge in [-0.3, -0.25) is 4.79 Å². The highest BCUT2D eigenvalue weighted by molar-refractivity contribution is 5.95. The SMILES string of the molecule is Cc1cc(N)ccc1C(=O)NCCOCCNC(=O)O. The number of nitrogens with two attached hydrogens (primary N) is 1. The largest absolute Gasteiger partial charge is 0.465 e. The molecule has 1 rings (SSSR count). The summed E-state index contributed by atoms with van der Waals surface area (Å²) in [5.74, 6) is -0.185. The average Bonchev–Trinajstić information content (AvgIpc) is 2.37. The quantitative estimate of drug-likeness (QED) is 0.431. The second-order valence-corrected chi connectivity index (χ2v) is 4.17. The molecule has 0 aromatic heterocycles. The van der Waals surface area contributed by atoms with Crippen LogP contribution in [0.5, 0.6) is 0 Å². The fraction of sp³-hybridized carbons (Fsp3) is 0.385. The van der Waals surface area contributed by atoms with Crippen LogP contribution in [0.25, 0.3) is 0 Å². The van der Waals surface area contributed by atoms with Crippen LogP contribution < -0.4 is 16.4 Å². The van der Waals surface area contributed by atoms with E-state index in [2.05, 4.69) is 10.6 Å². The number of benzene rings is 1. The maximum atomic E-state index is 11.9. The molecule has 0 bridgehead atoms. The van der Waals surface area contributed by atoms with Crippen LogP contribution in [0.2, 0.25) is 0 Å². The van der Waals surface area contributed by atoms with Crippen LogP contribution in [0.15, 0.2) is 18.2 Å². The zero-order chi connectivity index (χ0) is 15.0. The van der Waals surface area contributed by atoms with Crippen LogP contribution in [-0.4, -0.2) is 43.4 Å². The lowest BCUT2D eigenvalue weighted by molar-refractivity contribution is 0.0916. The lowest BCUT2D eigenvalue weighted by Crippen LogP contribution is -2.29. The molecule has 0 spiro atoms. The number of carbonyl (C=O) groups is 2. The molecular weight excluding hydrogens is 262 g/mol. The molecule has 1 aromatic carbocycles. The number of ether oxygens (including phenoxy) is 1. The van der Waals surface area contributed by atoms with Crippen molar-refractivity contribution < 1.29 is 19.4 Å². The van der Waals surface area contributed by atoms with Crippen molar-refractivity contribution in [1.82, 2.24) is 10.6 Å². The van der Waals surface area contributed by atoms with Gasteiger partial charge in [0.1, 0.15) is 0 Å². The van der Waals surface area contributed by atoms with E-state index in [1.54, 1.807) is 18.2 Å². The van der Waals surface area contributed by atoms with Gasteiger partial charge in [-0.05, 0) is 30.7 Å². The molecule has 1 aromatic rings. The molecule has 0 aliphatic heterocycles. The summed E-state index contributed by atoms with van der Waals surface area (Å²) >= 11 is 0. The third kappa shape index (κ3) is 5.57. The van der Waals surface area contributed by atoms with Crippen molar-refractivity contribution in [3.8, 4) is 0 Å². The number of nitrogens with one attached hydrogen (secondary N) is 2. The van der Waals surface area contributed by atoms with E-state index < -0.39 is 6.09 Å². The zero-order valence-corrected chi connectivity index (χ0v) is 11.3. The third-order valence-electron chi connectivity index (χ3n) is 2.55. The molecule has 0 atom stereocenters.